The van der Waals surface area contributed by atoms with Gasteiger partial charge in [-0.1, -0.05) is 19.8 Å². The third kappa shape index (κ3) is 4.03. The van der Waals surface area contributed by atoms with Gasteiger partial charge >= 0.3 is 5.97 Å². The Morgan fingerprint density at radius 3 is 2.74 bits per heavy atom. The van der Waals surface area contributed by atoms with Crippen molar-refractivity contribution < 1.29 is 18.3 Å². The Hall–Kier alpha value is -1.41. The average Bonchev–Trinajstić information content (AvgIpc) is 2.83. The van der Waals surface area contributed by atoms with Crippen LogP contribution in [0.5, 0.6) is 0 Å². The lowest BCUT2D eigenvalue weighted by Crippen LogP contribution is -2.41. The number of hydrogen-bond donors (Lipinski definition) is 2. The van der Waals surface area contributed by atoms with Crippen molar-refractivity contribution in [3.63, 3.8) is 0 Å². The molecule has 2 N–H and O–H groups in total. The third-order valence-corrected chi connectivity index (χ3v) is 4.19. The molecule has 1 aromatic heterocycles. The topological polar surface area (TPSA) is 101 Å². The molecule has 0 bridgehead atoms. The van der Waals surface area contributed by atoms with Gasteiger partial charge in [-0.05, 0) is 19.4 Å². The summed E-state index contributed by atoms with van der Waals surface area (Å²) in [4.78, 5) is 11.1. The molecular weight excluding hydrogens is 270 g/mol. The van der Waals surface area contributed by atoms with Gasteiger partial charge in [0.2, 0.25) is 0 Å². The molecule has 1 atom stereocenters. The summed E-state index contributed by atoms with van der Waals surface area (Å²) in [6.07, 6.45) is 3.09. The van der Waals surface area contributed by atoms with Crippen molar-refractivity contribution in [2.45, 2.75) is 50.7 Å². The SMILES string of the molecule is CCCC[C@H](NS(=O)(=O)c1ccnn1CC)C(=O)O. The van der Waals surface area contributed by atoms with Crippen LogP contribution < -0.4 is 4.72 Å². The van der Waals surface area contributed by atoms with E-state index in [1.165, 1.54) is 16.9 Å². The summed E-state index contributed by atoms with van der Waals surface area (Å²) >= 11 is 0. The number of aromatic nitrogens is 2. The Morgan fingerprint density at radius 1 is 1.53 bits per heavy atom. The summed E-state index contributed by atoms with van der Waals surface area (Å²) in [6.45, 7) is 4.08. The van der Waals surface area contributed by atoms with Gasteiger partial charge in [-0.3, -0.25) is 9.48 Å². The number of aryl methyl sites for hydroxylation is 1. The van der Waals surface area contributed by atoms with Crippen molar-refractivity contribution >= 4 is 16.0 Å². The Kier molecular flexibility index (Phi) is 5.49. The molecule has 7 nitrogen and oxygen atoms in total. The monoisotopic (exact) mass is 289 g/mol. The van der Waals surface area contributed by atoms with E-state index in [0.29, 0.717) is 13.0 Å². The smallest absolute Gasteiger partial charge is 0.321 e. The van der Waals surface area contributed by atoms with Crippen molar-refractivity contribution in [3.8, 4) is 0 Å². The maximum atomic E-state index is 12.1. The van der Waals surface area contributed by atoms with Crippen molar-refractivity contribution in [1.29, 1.82) is 0 Å². The molecule has 0 fully saturated rings. The largest absolute Gasteiger partial charge is 0.480 e. The van der Waals surface area contributed by atoms with E-state index >= 15 is 0 Å². The van der Waals surface area contributed by atoms with Gasteiger partial charge in [0.25, 0.3) is 10.0 Å². The molecule has 0 aliphatic carbocycles. The number of carboxylic acid groups (broad SMARTS) is 1. The molecule has 1 rings (SSSR count). The predicted octanol–water partition coefficient (Wildman–Crippen LogP) is 0.825. The average molecular weight is 289 g/mol. The van der Waals surface area contributed by atoms with Gasteiger partial charge in [0.15, 0.2) is 5.03 Å². The van der Waals surface area contributed by atoms with Crippen LogP contribution in [0, 0.1) is 0 Å². The first kappa shape index (κ1) is 15.6. The first-order valence-corrected chi connectivity index (χ1v) is 7.67. The summed E-state index contributed by atoms with van der Waals surface area (Å²) in [5.41, 5.74) is 0. The molecule has 108 valence electrons. The van der Waals surface area contributed by atoms with Crippen LogP contribution in [0.15, 0.2) is 17.3 Å². The standard InChI is InChI=1S/C11H19N3O4S/c1-3-5-6-9(11(15)16)13-19(17,18)10-7-8-12-14(10)4-2/h7-9,13H,3-6H2,1-2H3,(H,15,16)/t9-/m0/s1. The summed E-state index contributed by atoms with van der Waals surface area (Å²) in [5, 5.41) is 12.9. The molecule has 0 amide bonds. The highest BCUT2D eigenvalue weighted by molar-refractivity contribution is 7.89. The molecule has 19 heavy (non-hydrogen) atoms. The molecule has 8 heteroatoms. The van der Waals surface area contributed by atoms with E-state index < -0.39 is 22.0 Å². The van der Waals surface area contributed by atoms with E-state index in [1.807, 2.05) is 6.92 Å². The lowest BCUT2D eigenvalue weighted by molar-refractivity contribution is -0.139. The van der Waals surface area contributed by atoms with E-state index in [1.54, 1.807) is 6.92 Å². The minimum Gasteiger partial charge on any atom is -0.480 e. The molecule has 0 aliphatic rings. The third-order valence-electron chi connectivity index (χ3n) is 2.69. The lowest BCUT2D eigenvalue weighted by Gasteiger charge is -2.14. The van der Waals surface area contributed by atoms with Crippen LogP contribution in [0.1, 0.15) is 33.1 Å². The Labute approximate surface area is 112 Å². The van der Waals surface area contributed by atoms with Crippen molar-refractivity contribution in [2.75, 3.05) is 0 Å². The Balaban J connectivity index is 2.91. The number of carboxylic acids is 1. The number of hydrogen-bond acceptors (Lipinski definition) is 4. The maximum Gasteiger partial charge on any atom is 0.321 e. The minimum atomic E-state index is -3.86. The first-order valence-electron chi connectivity index (χ1n) is 6.19. The van der Waals surface area contributed by atoms with Crippen LogP contribution in [0.3, 0.4) is 0 Å². The normalized spacial score (nSPS) is 13.4. The fraction of sp³-hybridized carbons (Fsp3) is 0.636. The van der Waals surface area contributed by atoms with E-state index in [2.05, 4.69) is 9.82 Å². The van der Waals surface area contributed by atoms with E-state index in [4.69, 9.17) is 5.11 Å². The number of nitrogens with one attached hydrogen (secondary N) is 1. The van der Waals surface area contributed by atoms with Crippen LogP contribution >= 0.6 is 0 Å². The Morgan fingerprint density at radius 2 is 2.21 bits per heavy atom. The highest BCUT2D eigenvalue weighted by Crippen LogP contribution is 2.11. The lowest BCUT2D eigenvalue weighted by atomic mass is 10.1. The molecule has 1 heterocycles. The van der Waals surface area contributed by atoms with Crippen LogP contribution in [-0.4, -0.2) is 35.3 Å². The summed E-state index contributed by atoms with van der Waals surface area (Å²) < 4.78 is 27.8. The second kappa shape index (κ2) is 6.67. The summed E-state index contributed by atoms with van der Waals surface area (Å²) in [6, 6.07) is 0.245. The summed E-state index contributed by atoms with van der Waals surface area (Å²) in [5.74, 6) is -1.17. The number of unbranched alkanes of at least 4 members (excludes halogenated alkanes) is 1. The van der Waals surface area contributed by atoms with E-state index in [0.717, 1.165) is 6.42 Å². The second-order valence-electron chi connectivity index (χ2n) is 4.14. The van der Waals surface area contributed by atoms with E-state index in [-0.39, 0.29) is 11.4 Å². The molecule has 0 unspecified atom stereocenters. The fourth-order valence-corrected chi connectivity index (χ4v) is 3.08. The Bertz CT molecular complexity index is 524. The number of carbonyl (C=O) groups is 1. The van der Waals surface area contributed by atoms with Gasteiger partial charge in [-0.15, -0.1) is 0 Å². The molecule has 0 saturated heterocycles. The fourth-order valence-electron chi connectivity index (χ4n) is 1.68. The van der Waals surface area contributed by atoms with Crippen molar-refractivity contribution in [2.24, 2.45) is 0 Å². The van der Waals surface area contributed by atoms with Gasteiger partial charge in [0.1, 0.15) is 6.04 Å². The van der Waals surface area contributed by atoms with Gasteiger partial charge in [0.05, 0.1) is 6.20 Å². The van der Waals surface area contributed by atoms with Gasteiger partial charge < -0.3 is 5.11 Å². The zero-order valence-electron chi connectivity index (χ0n) is 11.0. The van der Waals surface area contributed by atoms with Crippen LogP contribution in [0.4, 0.5) is 0 Å². The quantitative estimate of drug-likeness (QED) is 0.738. The van der Waals surface area contributed by atoms with Crippen molar-refractivity contribution in [1.82, 2.24) is 14.5 Å². The number of rotatable bonds is 8. The van der Waals surface area contributed by atoms with Gasteiger partial charge in [-0.2, -0.15) is 9.82 Å². The molecule has 0 aromatic carbocycles. The first-order chi connectivity index (χ1) is 8.92. The second-order valence-corrected chi connectivity index (χ2v) is 5.80. The van der Waals surface area contributed by atoms with Crippen LogP contribution in [0.2, 0.25) is 0 Å². The minimum absolute atomic E-state index is 0.0160. The summed E-state index contributed by atoms with van der Waals surface area (Å²) in [7, 11) is -3.86. The highest BCUT2D eigenvalue weighted by atomic mass is 32.2. The zero-order chi connectivity index (χ0) is 14.5. The van der Waals surface area contributed by atoms with Crippen LogP contribution in [0.25, 0.3) is 0 Å². The molecule has 1 aromatic rings. The molecule has 0 spiro atoms. The highest BCUT2D eigenvalue weighted by Gasteiger charge is 2.27. The molecule has 0 radical (unpaired) electrons. The number of aliphatic carboxylic acids is 1. The molecular formula is C11H19N3O4S. The van der Waals surface area contributed by atoms with E-state index in [9.17, 15) is 13.2 Å². The molecule has 0 aliphatic heterocycles. The number of sulfonamides is 1. The van der Waals surface area contributed by atoms with Crippen molar-refractivity contribution in [3.05, 3.63) is 12.3 Å². The van der Waals surface area contributed by atoms with Crippen LogP contribution in [-0.2, 0) is 21.4 Å². The van der Waals surface area contributed by atoms with Gasteiger partial charge in [0, 0.05) is 6.54 Å². The van der Waals surface area contributed by atoms with Gasteiger partial charge in [-0.25, -0.2) is 8.42 Å². The zero-order valence-corrected chi connectivity index (χ0v) is 11.9. The number of nitrogens with zero attached hydrogens (tertiary/aromatic N) is 2. The molecule has 0 saturated carbocycles. The predicted molar refractivity (Wildman–Crippen MR) is 69.2 cm³/mol. The maximum absolute atomic E-state index is 12.1.